The normalized spacial score (nSPS) is 15.5. The summed E-state index contributed by atoms with van der Waals surface area (Å²) in [6.45, 7) is 2.06. The van der Waals surface area contributed by atoms with Crippen molar-refractivity contribution in [2.45, 2.75) is 13.0 Å². The Kier molecular flexibility index (Phi) is 7.13. The van der Waals surface area contributed by atoms with E-state index < -0.39 is 22.0 Å². The zero-order valence-electron chi connectivity index (χ0n) is 17.3. The second kappa shape index (κ2) is 9.80. The highest BCUT2D eigenvalue weighted by Gasteiger charge is 2.36. The molecule has 1 atom stereocenters. The van der Waals surface area contributed by atoms with Crippen LogP contribution in [0.15, 0.2) is 48.5 Å². The maximum Gasteiger partial charge on any atom is 0.267 e. The van der Waals surface area contributed by atoms with Crippen molar-refractivity contribution in [3.8, 4) is 5.75 Å². The molecule has 0 bridgehead atoms. The number of sulfonamides is 1. The standard InChI is InChI=1S/C21H25N3O6S/c1-3-31(27,28)24-14-19(30-18-11-7-6-10-17(18)24)21(26)23-16-9-5-4-8-15(16)20(25)22-12-13-29-2/h4-11,19H,3,12-14H2,1-2H3,(H,22,25)(H,23,26)/t19-/m0/s1. The Morgan fingerprint density at radius 3 is 2.61 bits per heavy atom. The Bertz CT molecular complexity index is 1060. The largest absolute Gasteiger partial charge is 0.476 e. The number of amides is 2. The zero-order valence-corrected chi connectivity index (χ0v) is 18.1. The third-order valence-corrected chi connectivity index (χ3v) is 6.50. The number of carbonyl (C=O) groups is 2. The number of nitrogens with zero attached hydrogens (tertiary/aromatic N) is 1. The summed E-state index contributed by atoms with van der Waals surface area (Å²) in [6, 6.07) is 13.2. The lowest BCUT2D eigenvalue weighted by Crippen LogP contribution is -2.49. The first-order valence-electron chi connectivity index (χ1n) is 9.80. The number of para-hydroxylation sites is 3. The Balaban J connectivity index is 1.81. The van der Waals surface area contributed by atoms with E-state index in [4.69, 9.17) is 9.47 Å². The van der Waals surface area contributed by atoms with Crippen LogP contribution < -0.4 is 19.7 Å². The number of benzene rings is 2. The van der Waals surface area contributed by atoms with Gasteiger partial charge in [-0.25, -0.2) is 8.42 Å². The Labute approximate surface area is 181 Å². The smallest absolute Gasteiger partial charge is 0.267 e. The van der Waals surface area contributed by atoms with Gasteiger partial charge in [0.25, 0.3) is 11.8 Å². The minimum Gasteiger partial charge on any atom is -0.476 e. The number of anilines is 2. The number of hydrogen-bond donors (Lipinski definition) is 2. The molecule has 0 aliphatic carbocycles. The van der Waals surface area contributed by atoms with E-state index in [0.717, 1.165) is 0 Å². The van der Waals surface area contributed by atoms with Crippen LogP contribution in [0.3, 0.4) is 0 Å². The lowest BCUT2D eigenvalue weighted by Gasteiger charge is -2.34. The molecule has 166 valence electrons. The van der Waals surface area contributed by atoms with Gasteiger partial charge in [0.15, 0.2) is 6.10 Å². The van der Waals surface area contributed by atoms with Crippen LogP contribution in [0.1, 0.15) is 17.3 Å². The summed E-state index contributed by atoms with van der Waals surface area (Å²) >= 11 is 0. The summed E-state index contributed by atoms with van der Waals surface area (Å²) in [4.78, 5) is 25.4. The topological polar surface area (TPSA) is 114 Å². The molecular formula is C21H25N3O6S. The molecule has 1 aliphatic rings. The highest BCUT2D eigenvalue weighted by Crippen LogP contribution is 2.35. The fourth-order valence-corrected chi connectivity index (χ4v) is 4.25. The summed E-state index contributed by atoms with van der Waals surface area (Å²) in [5, 5.41) is 5.40. The molecule has 2 amide bonds. The quantitative estimate of drug-likeness (QED) is 0.595. The fourth-order valence-electron chi connectivity index (χ4n) is 3.12. The number of hydrogen-bond acceptors (Lipinski definition) is 6. The maximum atomic E-state index is 13.0. The summed E-state index contributed by atoms with van der Waals surface area (Å²) in [7, 11) is -2.08. The van der Waals surface area contributed by atoms with E-state index >= 15 is 0 Å². The van der Waals surface area contributed by atoms with Gasteiger partial charge in [-0.3, -0.25) is 13.9 Å². The molecule has 0 spiro atoms. The molecule has 0 saturated heterocycles. The molecule has 1 heterocycles. The van der Waals surface area contributed by atoms with Crippen molar-refractivity contribution in [1.29, 1.82) is 0 Å². The predicted molar refractivity (Wildman–Crippen MR) is 117 cm³/mol. The van der Waals surface area contributed by atoms with Crippen molar-refractivity contribution in [2.24, 2.45) is 0 Å². The number of fused-ring (bicyclic) bond motifs is 1. The van der Waals surface area contributed by atoms with E-state index in [-0.39, 0.29) is 23.8 Å². The van der Waals surface area contributed by atoms with E-state index in [9.17, 15) is 18.0 Å². The van der Waals surface area contributed by atoms with Crippen LogP contribution in [-0.4, -0.2) is 58.9 Å². The summed E-state index contributed by atoms with van der Waals surface area (Å²) < 4.78 is 37.1. The van der Waals surface area contributed by atoms with Gasteiger partial charge >= 0.3 is 0 Å². The van der Waals surface area contributed by atoms with Gasteiger partial charge < -0.3 is 20.1 Å². The third kappa shape index (κ3) is 5.15. The molecule has 1 aliphatic heterocycles. The van der Waals surface area contributed by atoms with Crippen molar-refractivity contribution in [2.75, 3.05) is 42.2 Å². The van der Waals surface area contributed by atoms with E-state index in [1.54, 1.807) is 55.5 Å². The molecule has 2 aromatic carbocycles. The molecule has 9 nitrogen and oxygen atoms in total. The van der Waals surface area contributed by atoms with E-state index in [2.05, 4.69) is 10.6 Å². The Morgan fingerprint density at radius 2 is 1.87 bits per heavy atom. The van der Waals surface area contributed by atoms with Gasteiger partial charge in [-0.1, -0.05) is 24.3 Å². The third-order valence-electron chi connectivity index (χ3n) is 4.75. The van der Waals surface area contributed by atoms with Crippen LogP contribution in [0.5, 0.6) is 5.75 Å². The van der Waals surface area contributed by atoms with Crippen molar-refractivity contribution in [3.63, 3.8) is 0 Å². The molecule has 2 aromatic rings. The van der Waals surface area contributed by atoms with Gasteiger partial charge in [0.1, 0.15) is 5.75 Å². The van der Waals surface area contributed by atoms with Crippen molar-refractivity contribution < 1.29 is 27.5 Å². The first-order valence-corrected chi connectivity index (χ1v) is 11.4. The number of methoxy groups -OCH3 is 1. The van der Waals surface area contributed by atoms with Crippen LogP contribution in [0.25, 0.3) is 0 Å². The number of nitrogens with one attached hydrogen (secondary N) is 2. The molecule has 3 rings (SSSR count). The fraction of sp³-hybridized carbons (Fsp3) is 0.333. The van der Waals surface area contributed by atoms with Gasteiger partial charge in [0, 0.05) is 13.7 Å². The van der Waals surface area contributed by atoms with Crippen molar-refractivity contribution in [1.82, 2.24) is 5.32 Å². The first-order chi connectivity index (χ1) is 14.9. The van der Waals surface area contributed by atoms with E-state index in [0.29, 0.717) is 30.3 Å². The number of carbonyl (C=O) groups excluding carboxylic acids is 2. The molecule has 0 radical (unpaired) electrons. The Morgan fingerprint density at radius 1 is 1.16 bits per heavy atom. The minimum absolute atomic E-state index is 0.111. The lowest BCUT2D eigenvalue weighted by molar-refractivity contribution is -0.122. The van der Waals surface area contributed by atoms with Crippen LogP contribution in [-0.2, 0) is 19.6 Å². The molecule has 0 fully saturated rings. The van der Waals surface area contributed by atoms with Gasteiger partial charge in [0.2, 0.25) is 10.0 Å². The number of ether oxygens (including phenoxy) is 2. The second-order valence-electron chi connectivity index (χ2n) is 6.79. The highest BCUT2D eigenvalue weighted by molar-refractivity contribution is 7.92. The average molecular weight is 448 g/mol. The van der Waals surface area contributed by atoms with E-state index in [1.807, 2.05) is 0 Å². The first kappa shape index (κ1) is 22.6. The van der Waals surface area contributed by atoms with Crippen molar-refractivity contribution in [3.05, 3.63) is 54.1 Å². The average Bonchev–Trinajstić information content (AvgIpc) is 2.78. The molecule has 2 N–H and O–H groups in total. The minimum atomic E-state index is -3.61. The molecule has 0 saturated carbocycles. The molecule has 0 aromatic heterocycles. The monoisotopic (exact) mass is 447 g/mol. The van der Waals surface area contributed by atoms with Crippen LogP contribution in [0.2, 0.25) is 0 Å². The lowest BCUT2D eigenvalue weighted by atomic mass is 10.1. The molecule has 10 heteroatoms. The zero-order chi connectivity index (χ0) is 22.4. The number of rotatable bonds is 8. The summed E-state index contributed by atoms with van der Waals surface area (Å²) in [5.41, 5.74) is 0.974. The predicted octanol–water partition coefficient (Wildman–Crippen LogP) is 1.62. The van der Waals surface area contributed by atoms with Gasteiger partial charge in [0.05, 0.1) is 35.8 Å². The van der Waals surface area contributed by atoms with Crippen LogP contribution in [0, 0.1) is 0 Å². The van der Waals surface area contributed by atoms with E-state index in [1.165, 1.54) is 11.4 Å². The molecular weight excluding hydrogens is 422 g/mol. The van der Waals surface area contributed by atoms with Crippen molar-refractivity contribution >= 4 is 33.2 Å². The molecule has 31 heavy (non-hydrogen) atoms. The Hall–Kier alpha value is -3.11. The molecule has 0 unspecified atom stereocenters. The van der Waals surface area contributed by atoms with Gasteiger partial charge in [-0.05, 0) is 31.2 Å². The van der Waals surface area contributed by atoms with Crippen LogP contribution >= 0.6 is 0 Å². The highest BCUT2D eigenvalue weighted by atomic mass is 32.2. The summed E-state index contributed by atoms with van der Waals surface area (Å²) in [6.07, 6.45) is -1.08. The SMILES string of the molecule is CCS(=O)(=O)N1C[C@@H](C(=O)Nc2ccccc2C(=O)NCCOC)Oc2ccccc21. The second-order valence-corrected chi connectivity index (χ2v) is 8.97. The summed E-state index contributed by atoms with van der Waals surface area (Å²) in [5.74, 6) is -0.724. The maximum absolute atomic E-state index is 13.0. The van der Waals surface area contributed by atoms with Gasteiger partial charge in [-0.15, -0.1) is 0 Å². The van der Waals surface area contributed by atoms with Gasteiger partial charge in [-0.2, -0.15) is 0 Å². The van der Waals surface area contributed by atoms with Crippen LogP contribution in [0.4, 0.5) is 11.4 Å².